The molecule has 8 heteroatoms. The Balaban J connectivity index is 2.84. The Bertz CT molecular complexity index is 314. The minimum Gasteiger partial charge on any atom is -0.353 e. The van der Waals surface area contributed by atoms with E-state index in [-0.39, 0.29) is 0 Å². The quantitative estimate of drug-likeness (QED) is 0.463. The number of nitrogens with one attached hydrogen (secondary N) is 2. The lowest BCUT2D eigenvalue weighted by Gasteiger charge is -2.13. The molecule has 0 atom stereocenters. The molecule has 0 aliphatic heterocycles. The first-order chi connectivity index (χ1) is 8.17. The van der Waals surface area contributed by atoms with Gasteiger partial charge in [-0.05, 0) is 0 Å². The van der Waals surface area contributed by atoms with Crippen molar-refractivity contribution in [1.29, 1.82) is 0 Å². The smallest absolute Gasteiger partial charge is 0.231 e. The summed E-state index contributed by atoms with van der Waals surface area (Å²) in [6.45, 7) is 2.28. The highest BCUT2D eigenvalue weighted by atomic mass is 15.3. The lowest BCUT2D eigenvalue weighted by molar-refractivity contribution is 0.916. The van der Waals surface area contributed by atoms with Crippen LogP contribution in [-0.4, -0.2) is 55.2 Å². The van der Waals surface area contributed by atoms with E-state index in [1.807, 2.05) is 19.0 Å². The van der Waals surface area contributed by atoms with Gasteiger partial charge in [0.25, 0.3) is 0 Å². The maximum atomic E-state index is 5.42. The Morgan fingerprint density at radius 3 is 1.76 bits per heavy atom. The van der Waals surface area contributed by atoms with Crippen molar-refractivity contribution < 1.29 is 0 Å². The summed E-state index contributed by atoms with van der Waals surface area (Å²) in [6.07, 6.45) is 0. The van der Waals surface area contributed by atoms with Gasteiger partial charge in [-0.1, -0.05) is 0 Å². The molecule has 0 aliphatic carbocycles. The van der Waals surface area contributed by atoms with Gasteiger partial charge in [0.2, 0.25) is 17.8 Å². The summed E-state index contributed by atoms with van der Waals surface area (Å²) in [5.74, 6) is 1.60. The van der Waals surface area contributed by atoms with Gasteiger partial charge >= 0.3 is 0 Å². The van der Waals surface area contributed by atoms with Gasteiger partial charge in [0, 0.05) is 40.3 Å². The monoisotopic (exact) mass is 240 g/mol. The van der Waals surface area contributed by atoms with Crippen molar-refractivity contribution in [2.45, 2.75) is 0 Å². The summed E-state index contributed by atoms with van der Waals surface area (Å²) in [5.41, 5.74) is 10.8. The van der Waals surface area contributed by atoms with Gasteiger partial charge in [0.15, 0.2) is 0 Å². The second-order valence-corrected chi connectivity index (χ2v) is 3.61. The van der Waals surface area contributed by atoms with Crippen molar-refractivity contribution >= 4 is 17.8 Å². The first-order valence-corrected chi connectivity index (χ1v) is 5.48. The topological polar surface area (TPSA) is 118 Å². The third-order valence-corrected chi connectivity index (χ3v) is 1.88. The molecule has 0 unspecified atom stereocenters. The van der Waals surface area contributed by atoms with Crippen molar-refractivity contribution in [2.75, 3.05) is 55.8 Å². The molecule has 17 heavy (non-hydrogen) atoms. The van der Waals surface area contributed by atoms with E-state index in [1.165, 1.54) is 0 Å². The summed E-state index contributed by atoms with van der Waals surface area (Å²) < 4.78 is 0. The van der Waals surface area contributed by atoms with Crippen LogP contribution in [-0.2, 0) is 0 Å². The second kappa shape index (κ2) is 6.81. The Morgan fingerprint density at radius 1 is 0.941 bits per heavy atom. The molecule has 96 valence electrons. The average Bonchev–Trinajstić information content (AvgIpc) is 2.33. The first kappa shape index (κ1) is 13.4. The predicted octanol–water partition coefficient (Wildman–Crippen LogP) is -1.32. The highest BCUT2D eigenvalue weighted by Crippen LogP contribution is 2.10. The number of aromatic nitrogens is 3. The van der Waals surface area contributed by atoms with Crippen molar-refractivity contribution in [3.05, 3.63) is 0 Å². The van der Waals surface area contributed by atoms with E-state index in [0.717, 1.165) is 0 Å². The van der Waals surface area contributed by atoms with Crippen LogP contribution in [0.25, 0.3) is 0 Å². The van der Waals surface area contributed by atoms with E-state index in [4.69, 9.17) is 11.5 Å². The number of rotatable bonds is 7. The molecule has 0 fully saturated rings. The molecule has 0 saturated heterocycles. The Labute approximate surface area is 101 Å². The van der Waals surface area contributed by atoms with Crippen LogP contribution in [0.4, 0.5) is 17.8 Å². The fourth-order valence-corrected chi connectivity index (χ4v) is 1.09. The molecule has 1 aromatic rings. The molecule has 1 heterocycles. The van der Waals surface area contributed by atoms with E-state index in [1.54, 1.807) is 0 Å². The molecule has 8 nitrogen and oxygen atoms in total. The molecule has 0 saturated carbocycles. The zero-order chi connectivity index (χ0) is 12.7. The minimum absolute atomic E-state index is 0.508. The van der Waals surface area contributed by atoms with Gasteiger partial charge in [0.05, 0.1) is 0 Å². The zero-order valence-corrected chi connectivity index (χ0v) is 10.3. The molecule has 0 aliphatic rings. The van der Waals surface area contributed by atoms with Crippen molar-refractivity contribution in [2.24, 2.45) is 11.5 Å². The standard InChI is InChI=1S/C9H20N8/c1-17(2)9-15-7(12-5-3-10)14-8(16-9)13-6-4-11/h3-6,10-11H2,1-2H3,(H2,12,13,14,15,16). The summed E-state index contributed by atoms with van der Waals surface area (Å²) >= 11 is 0. The van der Waals surface area contributed by atoms with Crippen molar-refractivity contribution in [3.63, 3.8) is 0 Å². The van der Waals surface area contributed by atoms with Crippen LogP contribution in [0.1, 0.15) is 0 Å². The fourth-order valence-electron chi connectivity index (χ4n) is 1.09. The maximum absolute atomic E-state index is 5.42. The van der Waals surface area contributed by atoms with Crippen LogP contribution in [0.2, 0.25) is 0 Å². The summed E-state index contributed by atoms with van der Waals surface area (Å²) in [4.78, 5) is 14.5. The normalized spacial score (nSPS) is 10.1. The van der Waals surface area contributed by atoms with Crippen LogP contribution in [0, 0.1) is 0 Å². The number of nitrogens with two attached hydrogens (primary N) is 2. The van der Waals surface area contributed by atoms with E-state index in [0.29, 0.717) is 44.0 Å². The molecule has 1 aromatic heterocycles. The lowest BCUT2D eigenvalue weighted by atomic mass is 10.6. The van der Waals surface area contributed by atoms with Crippen LogP contribution >= 0.6 is 0 Å². The van der Waals surface area contributed by atoms with Crippen molar-refractivity contribution in [3.8, 4) is 0 Å². The molecular weight excluding hydrogens is 220 g/mol. The number of anilines is 3. The predicted molar refractivity (Wildman–Crippen MR) is 69.2 cm³/mol. The second-order valence-electron chi connectivity index (χ2n) is 3.61. The fraction of sp³-hybridized carbons (Fsp3) is 0.667. The van der Waals surface area contributed by atoms with E-state index >= 15 is 0 Å². The number of nitrogens with zero attached hydrogens (tertiary/aromatic N) is 4. The molecule has 0 aromatic carbocycles. The molecule has 1 rings (SSSR count). The van der Waals surface area contributed by atoms with Gasteiger partial charge in [-0.15, -0.1) is 0 Å². The third kappa shape index (κ3) is 4.37. The summed E-state index contributed by atoms with van der Waals surface area (Å²) in [5, 5.41) is 6.04. The highest BCUT2D eigenvalue weighted by molar-refractivity contribution is 5.42. The average molecular weight is 240 g/mol. The number of hydrogen-bond acceptors (Lipinski definition) is 8. The van der Waals surface area contributed by atoms with Crippen molar-refractivity contribution in [1.82, 2.24) is 15.0 Å². The Kier molecular flexibility index (Phi) is 5.37. The molecule has 6 N–H and O–H groups in total. The largest absolute Gasteiger partial charge is 0.353 e. The molecule has 0 amide bonds. The van der Waals surface area contributed by atoms with E-state index < -0.39 is 0 Å². The van der Waals surface area contributed by atoms with Gasteiger partial charge in [0.1, 0.15) is 0 Å². The minimum atomic E-state index is 0.508. The van der Waals surface area contributed by atoms with Crippen LogP contribution in [0.3, 0.4) is 0 Å². The van der Waals surface area contributed by atoms with Gasteiger partial charge < -0.3 is 27.0 Å². The van der Waals surface area contributed by atoms with Crippen LogP contribution < -0.4 is 27.0 Å². The lowest BCUT2D eigenvalue weighted by Crippen LogP contribution is -2.21. The number of hydrogen-bond donors (Lipinski definition) is 4. The summed E-state index contributed by atoms with van der Waals surface area (Å²) in [6, 6.07) is 0. The first-order valence-electron chi connectivity index (χ1n) is 5.48. The zero-order valence-electron chi connectivity index (χ0n) is 10.3. The molecule has 0 bridgehead atoms. The molecular formula is C9H20N8. The Hall–Kier alpha value is -1.67. The van der Waals surface area contributed by atoms with Gasteiger partial charge in [-0.3, -0.25) is 0 Å². The SMILES string of the molecule is CN(C)c1nc(NCCN)nc(NCCN)n1. The maximum Gasteiger partial charge on any atom is 0.231 e. The van der Waals surface area contributed by atoms with E-state index in [9.17, 15) is 0 Å². The Morgan fingerprint density at radius 2 is 1.41 bits per heavy atom. The third-order valence-electron chi connectivity index (χ3n) is 1.88. The van der Waals surface area contributed by atoms with Crippen LogP contribution in [0.15, 0.2) is 0 Å². The molecule has 0 radical (unpaired) electrons. The van der Waals surface area contributed by atoms with Crippen LogP contribution in [0.5, 0.6) is 0 Å². The molecule has 0 spiro atoms. The van der Waals surface area contributed by atoms with Gasteiger partial charge in [-0.2, -0.15) is 15.0 Å². The highest BCUT2D eigenvalue weighted by Gasteiger charge is 2.06. The van der Waals surface area contributed by atoms with E-state index in [2.05, 4.69) is 25.6 Å². The summed E-state index contributed by atoms with van der Waals surface area (Å²) in [7, 11) is 3.74. The van der Waals surface area contributed by atoms with Gasteiger partial charge in [-0.25, -0.2) is 0 Å².